The van der Waals surface area contributed by atoms with Gasteiger partial charge in [-0.1, -0.05) is 60.2 Å². The molecule has 1 saturated heterocycles. The Morgan fingerprint density at radius 3 is 2.43 bits per heavy atom. The Labute approximate surface area is 221 Å². The van der Waals surface area contributed by atoms with E-state index in [1.165, 1.54) is 23.1 Å². The lowest BCUT2D eigenvalue weighted by atomic mass is 10.1. The lowest BCUT2D eigenvalue weighted by molar-refractivity contribution is -0.121. The number of hydrogen-bond donors (Lipinski definition) is 0. The summed E-state index contributed by atoms with van der Waals surface area (Å²) in [5.74, 6) is 0.726. The van der Waals surface area contributed by atoms with Gasteiger partial charge in [0.1, 0.15) is 6.61 Å². The number of carbonyl (C=O) groups excluding carboxylic acids is 1. The van der Waals surface area contributed by atoms with Crippen molar-refractivity contribution in [2.24, 2.45) is 4.40 Å². The Bertz CT molecular complexity index is 1460. The third kappa shape index (κ3) is 6.31. The Hall–Kier alpha value is -3.82. The van der Waals surface area contributed by atoms with E-state index in [1.54, 1.807) is 43.5 Å². The summed E-state index contributed by atoms with van der Waals surface area (Å²) >= 11 is 1.00. The fourth-order valence-corrected chi connectivity index (χ4v) is 5.70. The van der Waals surface area contributed by atoms with Gasteiger partial charge in [-0.25, -0.2) is 0 Å². The van der Waals surface area contributed by atoms with Crippen molar-refractivity contribution in [1.29, 1.82) is 0 Å². The molecule has 0 aliphatic carbocycles. The van der Waals surface area contributed by atoms with E-state index in [2.05, 4.69) is 11.0 Å². The van der Waals surface area contributed by atoms with Crippen molar-refractivity contribution >= 4 is 38.9 Å². The largest absolute Gasteiger partial charge is 0.493 e. The monoisotopic (exact) mass is 534 g/mol. The first-order valence-electron chi connectivity index (χ1n) is 11.4. The molecule has 0 aromatic heterocycles. The van der Waals surface area contributed by atoms with Crippen LogP contribution in [-0.4, -0.2) is 38.0 Å². The van der Waals surface area contributed by atoms with Crippen LogP contribution in [0.15, 0.2) is 99.6 Å². The van der Waals surface area contributed by atoms with Crippen LogP contribution >= 0.6 is 11.8 Å². The van der Waals surface area contributed by atoms with E-state index in [-0.39, 0.29) is 22.5 Å². The molecule has 7 nitrogen and oxygen atoms in total. The van der Waals surface area contributed by atoms with Gasteiger partial charge in [-0.2, -0.15) is 8.42 Å². The molecule has 3 aromatic rings. The number of amidine groups is 1. The van der Waals surface area contributed by atoms with Gasteiger partial charge >= 0.3 is 0 Å². The number of sulfonamides is 1. The summed E-state index contributed by atoms with van der Waals surface area (Å²) in [6.45, 7) is 6.06. The van der Waals surface area contributed by atoms with Crippen LogP contribution in [0.1, 0.15) is 16.7 Å². The average Bonchev–Trinajstić information content (AvgIpc) is 3.17. The molecule has 3 aromatic carbocycles. The molecule has 1 aliphatic rings. The number of amides is 1. The first-order valence-corrected chi connectivity index (χ1v) is 13.6. The van der Waals surface area contributed by atoms with Crippen LogP contribution in [0.25, 0.3) is 6.08 Å². The molecule has 0 unspecified atom stereocenters. The van der Waals surface area contributed by atoms with E-state index < -0.39 is 10.0 Å². The van der Waals surface area contributed by atoms with Crippen LogP contribution in [0.3, 0.4) is 0 Å². The van der Waals surface area contributed by atoms with Crippen molar-refractivity contribution in [2.45, 2.75) is 18.4 Å². The highest BCUT2D eigenvalue weighted by molar-refractivity contribution is 8.19. The molecular weight excluding hydrogens is 508 g/mol. The molecule has 0 radical (unpaired) electrons. The fourth-order valence-electron chi connectivity index (χ4n) is 3.51. The van der Waals surface area contributed by atoms with Crippen LogP contribution in [0, 0.1) is 6.92 Å². The van der Waals surface area contributed by atoms with Crippen LogP contribution < -0.4 is 9.47 Å². The molecule has 190 valence electrons. The molecule has 0 saturated carbocycles. The van der Waals surface area contributed by atoms with Gasteiger partial charge < -0.3 is 9.47 Å². The summed E-state index contributed by atoms with van der Waals surface area (Å²) in [7, 11) is -2.46. The maximum Gasteiger partial charge on any atom is 0.284 e. The number of methoxy groups -OCH3 is 1. The van der Waals surface area contributed by atoms with Crippen molar-refractivity contribution in [3.63, 3.8) is 0 Å². The topological polar surface area (TPSA) is 85.3 Å². The second-order valence-electron chi connectivity index (χ2n) is 8.16. The number of rotatable bonds is 9. The molecule has 1 heterocycles. The second kappa shape index (κ2) is 11.5. The van der Waals surface area contributed by atoms with Crippen LogP contribution in [0.2, 0.25) is 0 Å². The van der Waals surface area contributed by atoms with Crippen molar-refractivity contribution in [3.8, 4) is 11.5 Å². The van der Waals surface area contributed by atoms with Gasteiger partial charge in [0, 0.05) is 6.54 Å². The fraction of sp³-hybridized carbons (Fsp3) is 0.143. The van der Waals surface area contributed by atoms with Crippen molar-refractivity contribution in [3.05, 3.63) is 107 Å². The molecule has 0 spiro atoms. The SMILES string of the molecule is C=CCN1C(=O)/C(=C\c2ccc(OCc3ccccc3)c(OC)c2)S/C1=N\S(=O)(=O)c1ccc(C)cc1. The van der Waals surface area contributed by atoms with E-state index in [0.29, 0.717) is 28.6 Å². The summed E-state index contributed by atoms with van der Waals surface area (Å²) in [6.07, 6.45) is 3.20. The smallest absolute Gasteiger partial charge is 0.284 e. The van der Waals surface area contributed by atoms with Gasteiger partial charge in [0.05, 0.1) is 16.9 Å². The zero-order chi connectivity index (χ0) is 26.4. The predicted molar refractivity (Wildman–Crippen MR) is 147 cm³/mol. The summed E-state index contributed by atoms with van der Waals surface area (Å²) in [5.41, 5.74) is 2.65. The molecule has 0 bridgehead atoms. The highest BCUT2D eigenvalue weighted by Gasteiger charge is 2.34. The van der Waals surface area contributed by atoms with Crippen molar-refractivity contribution < 1.29 is 22.7 Å². The van der Waals surface area contributed by atoms with E-state index in [1.807, 2.05) is 37.3 Å². The minimum Gasteiger partial charge on any atom is -0.493 e. The van der Waals surface area contributed by atoms with Gasteiger partial charge in [-0.15, -0.1) is 11.0 Å². The number of aryl methyl sites for hydroxylation is 1. The van der Waals surface area contributed by atoms with Gasteiger partial charge in [-0.3, -0.25) is 9.69 Å². The molecule has 1 fully saturated rings. The number of ether oxygens (including phenoxy) is 2. The minimum atomic E-state index is -4.00. The highest BCUT2D eigenvalue weighted by Crippen LogP contribution is 2.35. The number of nitrogens with zero attached hydrogens (tertiary/aromatic N) is 2. The third-order valence-electron chi connectivity index (χ3n) is 5.44. The average molecular weight is 535 g/mol. The molecule has 0 N–H and O–H groups in total. The molecule has 4 rings (SSSR count). The summed E-state index contributed by atoms with van der Waals surface area (Å²) in [4.78, 5) is 14.8. The number of carbonyl (C=O) groups is 1. The molecule has 1 amide bonds. The van der Waals surface area contributed by atoms with E-state index in [9.17, 15) is 13.2 Å². The van der Waals surface area contributed by atoms with E-state index in [0.717, 1.165) is 22.9 Å². The Kier molecular flexibility index (Phi) is 8.15. The first kappa shape index (κ1) is 26.2. The predicted octanol–water partition coefficient (Wildman–Crippen LogP) is 5.43. The van der Waals surface area contributed by atoms with E-state index in [4.69, 9.17) is 9.47 Å². The highest BCUT2D eigenvalue weighted by atomic mass is 32.2. The van der Waals surface area contributed by atoms with Gasteiger partial charge in [0.25, 0.3) is 15.9 Å². The Morgan fingerprint density at radius 1 is 1.03 bits per heavy atom. The maximum atomic E-state index is 13.1. The third-order valence-corrected chi connectivity index (χ3v) is 7.84. The quantitative estimate of drug-likeness (QED) is 0.269. The van der Waals surface area contributed by atoms with E-state index >= 15 is 0 Å². The number of hydrogen-bond acceptors (Lipinski definition) is 6. The summed E-state index contributed by atoms with van der Waals surface area (Å²) in [6, 6.07) is 21.5. The Morgan fingerprint density at radius 2 is 1.76 bits per heavy atom. The van der Waals surface area contributed by atoms with Gasteiger partial charge in [0.2, 0.25) is 0 Å². The van der Waals surface area contributed by atoms with Gasteiger partial charge in [-0.05, 0) is 60.2 Å². The normalized spacial score (nSPS) is 15.8. The van der Waals surface area contributed by atoms with Crippen LogP contribution in [0.4, 0.5) is 0 Å². The number of thioether (sulfide) groups is 1. The maximum absolute atomic E-state index is 13.1. The lowest BCUT2D eigenvalue weighted by Gasteiger charge is -2.12. The standard InChI is InChI=1S/C28H26N2O5S2/c1-4-16-30-27(31)26(36-28(30)29-37(32,33)23-13-10-20(2)11-14-23)18-22-12-15-24(25(17-22)34-3)35-19-21-8-6-5-7-9-21/h4-15,17-18H,1,16,19H2,2-3H3/b26-18+,29-28-. The number of benzene rings is 3. The molecule has 9 heteroatoms. The zero-order valence-electron chi connectivity index (χ0n) is 20.5. The van der Waals surface area contributed by atoms with Crippen LogP contribution in [-0.2, 0) is 21.4 Å². The minimum absolute atomic E-state index is 0.0606. The summed E-state index contributed by atoms with van der Waals surface area (Å²) < 4.78 is 41.2. The summed E-state index contributed by atoms with van der Waals surface area (Å²) in [5, 5.41) is 0.0755. The molecule has 37 heavy (non-hydrogen) atoms. The second-order valence-corrected chi connectivity index (χ2v) is 10.8. The molecule has 1 aliphatic heterocycles. The molecular formula is C28H26N2O5S2. The molecule has 0 atom stereocenters. The zero-order valence-corrected chi connectivity index (χ0v) is 22.1. The van der Waals surface area contributed by atoms with Crippen LogP contribution in [0.5, 0.6) is 11.5 Å². The van der Waals surface area contributed by atoms with Gasteiger partial charge in [0.15, 0.2) is 16.7 Å². The van der Waals surface area contributed by atoms with Crippen molar-refractivity contribution in [2.75, 3.05) is 13.7 Å². The first-order chi connectivity index (χ1) is 17.8. The van der Waals surface area contributed by atoms with Crippen molar-refractivity contribution in [1.82, 2.24) is 4.90 Å². The lowest BCUT2D eigenvalue weighted by Crippen LogP contribution is -2.29. The Balaban J connectivity index is 1.59.